The third-order valence-corrected chi connectivity index (χ3v) is 4.02. The van der Waals surface area contributed by atoms with Crippen LogP contribution in [0.25, 0.3) is 5.78 Å². The number of hydrogen-bond acceptors (Lipinski definition) is 5. The maximum Gasteiger partial charge on any atom is 0.255 e. The fourth-order valence-electron chi connectivity index (χ4n) is 2.56. The molecule has 1 fully saturated rings. The van der Waals surface area contributed by atoms with Crippen molar-refractivity contribution in [1.82, 2.24) is 19.6 Å². The van der Waals surface area contributed by atoms with Crippen LogP contribution in [-0.4, -0.2) is 38.8 Å². The second-order valence-electron chi connectivity index (χ2n) is 5.05. The molecule has 108 valence electrons. The predicted octanol–water partition coefficient (Wildman–Crippen LogP) is 2.46. The summed E-state index contributed by atoms with van der Waals surface area (Å²) in [4.78, 5) is 8.23. The smallest absolute Gasteiger partial charge is 0.255 e. The number of anilines is 1. The lowest BCUT2D eigenvalue weighted by Gasteiger charge is -2.14. The number of aromatic nitrogens is 4. The minimum Gasteiger partial charge on any atom is -0.376 e. The van der Waals surface area contributed by atoms with Crippen molar-refractivity contribution < 1.29 is 4.74 Å². The van der Waals surface area contributed by atoms with Crippen LogP contribution in [0.15, 0.2) is 6.33 Å². The summed E-state index contributed by atoms with van der Waals surface area (Å²) in [7, 11) is 0. The Morgan fingerprint density at radius 3 is 3.05 bits per heavy atom. The average Bonchev–Trinajstić information content (AvgIpc) is 3.09. The molecule has 0 spiro atoms. The fourth-order valence-corrected chi connectivity index (χ4v) is 2.72. The molecule has 0 aliphatic heterocycles. The van der Waals surface area contributed by atoms with Crippen molar-refractivity contribution in [3.05, 3.63) is 17.0 Å². The van der Waals surface area contributed by atoms with Gasteiger partial charge >= 0.3 is 0 Å². The van der Waals surface area contributed by atoms with E-state index in [1.165, 1.54) is 32.0 Å². The van der Waals surface area contributed by atoms with E-state index < -0.39 is 0 Å². The van der Waals surface area contributed by atoms with Crippen molar-refractivity contribution in [3.63, 3.8) is 0 Å². The van der Waals surface area contributed by atoms with Crippen LogP contribution >= 0.6 is 11.6 Å². The molecule has 1 aliphatic rings. The molecule has 2 aromatic rings. The van der Waals surface area contributed by atoms with Crippen LogP contribution in [0, 0.1) is 6.92 Å². The molecule has 2 aromatic heterocycles. The molecule has 1 saturated carbocycles. The minimum atomic E-state index is 0.435. The maximum atomic E-state index is 6.10. The van der Waals surface area contributed by atoms with Gasteiger partial charge in [0.1, 0.15) is 17.3 Å². The first-order valence-electron chi connectivity index (χ1n) is 6.97. The van der Waals surface area contributed by atoms with Crippen molar-refractivity contribution in [3.8, 4) is 0 Å². The summed E-state index contributed by atoms with van der Waals surface area (Å²) in [6.45, 7) is 3.31. The monoisotopic (exact) mass is 295 g/mol. The lowest BCUT2D eigenvalue weighted by molar-refractivity contribution is 0.0658. The lowest BCUT2D eigenvalue weighted by atomic mass is 10.3. The van der Waals surface area contributed by atoms with Crippen LogP contribution in [-0.2, 0) is 4.74 Å². The largest absolute Gasteiger partial charge is 0.376 e. The molecule has 0 bridgehead atoms. The molecule has 1 aliphatic carbocycles. The van der Waals surface area contributed by atoms with Crippen molar-refractivity contribution in [2.75, 3.05) is 18.5 Å². The number of halogens is 1. The first-order chi connectivity index (χ1) is 9.75. The third kappa shape index (κ3) is 2.71. The van der Waals surface area contributed by atoms with Crippen LogP contribution in [0.3, 0.4) is 0 Å². The van der Waals surface area contributed by atoms with E-state index in [0.29, 0.717) is 30.2 Å². The van der Waals surface area contributed by atoms with Gasteiger partial charge in [-0.3, -0.25) is 0 Å². The zero-order valence-corrected chi connectivity index (χ0v) is 12.2. The number of nitrogens with zero attached hydrogens (tertiary/aromatic N) is 4. The van der Waals surface area contributed by atoms with Gasteiger partial charge in [-0.25, -0.2) is 0 Å². The molecular formula is C13H18ClN5O. The van der Waals surface area contributed by atoms with Crippen LogP contribution < -0.4 is 5.32 Å². The van der Waals surface area contributed by atoms with Gasteiger partial charge < -0.3 is 10.1 Å². The van der Waals surface area contributed by atoms with Crippen molar-refractivity contribution in [2.45, 2.75) is 38.7 Å². The van der Waals surface area contributed by atoms with Gasteiger partial charge in [0, 0.05) is 12.1 Å². The average molecular weight is 296 g/mol. The molecule has 0 aromatic carbocycles. The maximum absolute atomic E-state index is 6.10. The highest BCUT2D eigenvalue weighted by Crippen LogP contribution is 2.22. The SMILES string of the molecule is Cc1c(Cl)nc2ncnn2c1NCCOC1CCCC1. The van der Waals surface area contributed by atoms with E-state index >= 15 is 0 Å². The van der Waals surface area contributed by atoms with Gasteiger partial charge in [0.05, 0.1) is 12.7 Å². The highest BCUT2D eigenvalue weighted by atomic mass is 35.5. The van der Waals surface area contributed by atoms with Crippen molar-refractivity contribution in [2.24, 2.45) is 0 Å². The summed E-state index contributed by atoms with van der Waals surface area (Å²) in [6, 6.07) is 0. The summed E-state index contributed by atoms with van der Waals surface area (Å²) in [5, 5.41) is 7.92. The standard InChI is InChI=1S/C13H18ClN5O/c1-9-11(14)18-13-16-8-17-19(13)12(9)15-6-7-20-10-4-2-3-5-10/h8,10,15H,2-7H2,1H3. The number of ether oxygens (including phenoxy) is 1. The van der Waals surface area contributed by atoms with E-state index in [1.807, 2.05) is 6.92 Å². The molecule has 2 heterocycles. The Hall–Kier alpha value is -1.40. The molecular weight excluding hydrogens is 278 g/mol. The highest BCUT2D eigenvalue weighted by molar-refractivity contribution is 6.30. The van der Waals surface area contributed by atoms with E-state index in [0.717, 1.165) is 11.4 Å². The Labute approximate surface area is 122 Å². The highest BCUT2D eigenvalue weighted by Gasteiger charge is 2.15. The van der Waals surface area contributed by atoms with E-state index in [2.05, 4.69) is 20.4 Å². The predicted molar refractivity (Wildman–Crippen MR) is 77.2 cm³/mol. The molecule has 0 saturated heterocycles. The molecule has 6 nitrogen and oxygen atoms in total. The van der Waals surface area contributed by atoms with Gasteiger partial charge in [-0.15, -0.1) is 0 Å². The summed E-state index contributed by atoms with van der Waals surface area (Å²) < 4.78 is 7.50. The lowest BCUT2D eigenvalue weighted by Crippen LogP contribution is -2.17. The van der Waals surface area contributed by atoms with Gasteiger partial charge in [-0.1, -0.05) is 24.4 Å². The molecule has 1 N–H and O–H groups in total. The fraction of sp³-hybridized carbons (Fsp3) is 0.615. The molecule has 0 radical (unpaired) electrons. The topological polar surface area (TPSA) is 64.3 Å². The van der Waals surface area contributed by atoms with Crippen LogP contribution in [0.2, 0.25) is 5.15 Å². The van der Waals surface area contributed by atoms with Gasteiger partial charge in [0.25, 0.3) is 5.78 Å². The minimum absolute atomic E-state index is 0.435. The summed E-state index contributed by atoms with van der Waals surface area (Å²) in [6.07, 6.45) is 6.86. The zero-order valence-electron chi connectivity index (χ0n) is 11.5. The van der Waals surface area contributed by atoms with Crippen LogP contribution in [0.4, 0.5) is 5.82 Å². The van der Waals surface area contributed by atoms with Gasteiger partial charge in [0.2, 0.25) is 0 Å². The quantitative estimate of drug-likeness (QED) is 0.678. The van der Waals surface area contributed by atoms with Gasteiger partial charge in [-0.2, -0.15) is 19.6 Å². The molecule has 0 atom stereocenters. The Morgan fingerprint density at radius 1 is 1.45 bits per heavy atom. The van der Waals surface area contributed by atoms with E-state index in [4.69, 9.17) is 16.3 Å². The molecule has 7 heteroatoms. The number of nitrogens with one attached hydrogen (secondary N) is 1. The third-order valence-electron chi connectivity index (χ3n) is 3.65. The Kier molecular flexibility index (Phi) is 4.03. The van der Waals surface area contributed by atoms with E-state index in [-0.39, 0.29) is 0 Å². The molecule has 20 heavy (non-hydrogen) atoms. The number of fused-ring (bicyclic) bond motifs is 1. The zero-order chi connectivity index (χ0) is 13.9. The molecule has 0 amide bonds. The Morgan fingerprint density at radius 2 is 2.25 bits per heavy atom. The number of rotatable bonds is 5. The first kappa shape index (κ1) is 13.6. The summed E-state index contributed by atoms with van der Waals surface area (Å²) in [5.74, 6) is 1.33. The second kappa shape index (κ2) is 5.93. The second-order valence-corrected chi connectivity index (χ2v) is 5.41. The Balaban J connectivity index is 1.64. The summed E-state index contributed by atoms with van der Waals surface area (Å²) in [5.41, 5.74) is 0.866. The van der Waals surface area contributed by atoms with Gasteiger partial charge in [0.15, 0.2) is 0 Å². The van der Waals surface area contributed by atoms with E-state index in [9.17, 15) is 0 Å². The molecule has 3 rings (SSSR count). The first-order valence-corrected chi connectivity index (χ1v) is 7.35. The van der Waals surface area contributed by atoms with Crippen LogP contribution in [0.1, 0.15) is 31.2 Å². The van der Waals surface area contributed by atoms with E-state index in [1.54, 1.807) is 4.52 Å². The van der Waals surface area contributed by atoms with Crippen LogP contribution in [0.5, 0.6) is 0 Å². The van der Waals surface area contributed by atoms with Crippen molar-refractivity contribution in [1.29, 1.82) is 0 Å². The van der Waals surface area contributed by atoms with Crippen molar-refractivity contribution >= 4 is 23.2 Å². The normalized spacial score (nSPS) is 16.1. The summed E-state index contributed by atoms with van der Waals surface area (Å²) >= 11 is 6.10. The van der Waals surface area contributed by atoms with Gasteiger partial charge in [-0.05, 0) is 19.8 Å². The Bertz CT molecular complexity index is 594. The molecule has 0 unspecified atom stereocenters. The number of hydrogen-bond donors (Lipinski definition) is 1.